The van der Waals surface area contributed by atoms with Crippen molar-refractivity contribution < 1.29 is 33.5 Å². The molecule has 0 unspecified atom stereocenters. The maximum Gasteiger partial charge on any atom is 0.326 e. The summed E-state index contributed by atoms with van der Waals surface area (Å²) in [6.45, 7) is 1.68. The van der Waals surface area contributed by atoms with Crippen LogP contribution in [0.1, 0.15) is 30.4 Å². The summed E-state index contributed by atoms with van der Waals surface area (Å²) in [5, 5.41) is 23.0. The SMILES string of the molecule is CCOC(=O)C[C@@H](c1ccc([N+](=O)[O-])cc1)[C@H](NC(=O)Cc1ccc(F)cc1)C(=O)O. The van der Waals surface area contributed by atoms with Gasteiger partial charge in [-0.2, -0.15) is 0 Å². The van der Waals surface area contributed by atoms with Crippen LogP contribution in [0.15, 0.2) is 48.5 Å². The van der Waals surface area contributed by atoms with Gasteiger partial charge in [0, 0.05) is 18.1 Å². The number of nitrogens with one attached hydrogen (secondary N) is 1. The number of rotatable bonds is 10. The highest BCUT2D eigenvalue weighted by molar-refractivity contribution is 5.86. The van der Waals surface area contributed by atoms with Crippen LogP contribution in [0.5, 0.6) is 0 Å². The Morgan fingerprint density at radius 1 is 1.13 bits per heavy atom. The van der Waals surface area contributed by atoms with E-state index in [4.69, 9.17) is 4.74 Å². The first kappa shape index (κ1) is 23.5. The summed E-state index contributed by atoms with van der Waals surface area (Å²) in [6, 6.07) is 8.70. The predicted molar refractivity (Wildman–Crippen MR) is 107 cm³/mol. The predicted octanol–water partition coefficient (Wildman–Crippen LogP) is 2.58. The van der Waals surface area contributed by atoms with Gasteiger partial charge in [0.05, 0.1) is 24.4 Å². The van der Waals surface area contributed by atoms with Gasteiger partial charge < -0.3 is 15.2 Å². The van der Waals surface area contributed by atoms with Gasteiger partial charge in [0.1, 0.15) is 11.9 Å². The minimum absolute atomic E-state index is 0.0838. The van der Waals surface area contributed by atoms with Crippen molar-refractivity contribution in [3.8, 4) is 0 Å². The van der Waals surface area contributed by atoms with E-state index in [0.29, 0.717) is 11.1 Å². The van der Waals surface area contributed by atoms with E-state index in [1.165, 1.54) is 48.5 Å². The maximum absolute atomic E-state index is 13.0. The van der Waals surface area contributed by atoms with Crippen molar-refractivity contribution in [2.45, 2.75) is 31.7 Å². The largest absolute Gasteiger partial charge is 0.480 e. The molecular weight excluding hydrogens is 411 g/mol. The molecule has 2 N–H and O–H groups in total. The zero-order valence-corrected chi connectivity index (χ0v) is 16.6. The van der Waals surface area contributed by atoms with Crippen molar-refractivity contribution in [1.82, 2.24) is 5.32 Å². The Balaban J connectivity index is 2.28. The average Bonchev–Trinajstić information content (AvgIpc) is 2.72. The molecule has 0 aliphatic heterocycles. The van der Waals surface area contributed by atoms with Crippen molar-refractivity contribution >= 4 is 23.5 Å². The van der Waals surface area contributed by atoms with Crippen LogP contribution in [0, 0.1) is 15.9 Å². The molecule has 31 heavy (non-hydrogen) atoms. The van der Waals surface area contributed by atoms with Gasteiger partial charge in [-0.15, -0.1) is 0 Å². The van der Waals surface area contributed by atoms with Crippen LogP contribution in [0.2, 0.25) is 0 Å². The number of aliphatic carboxylic acids is 1. The van der Waals surface area contributed by atoms with Crippen LogP contribution < -0.4 is 5.32 Å². The van der Waals surface area contributed by atoms with Gasteiger partial charge in [-0.05, 0) is 30.2 Å². The van der Waals surface area contributed by atoms with E-state index in [-0.39, 0.29) is 25.1 Å². The first-order valence-electron chi connectivity index (χ1n) is 9.37. The summed E-state index contributed by atoms with van der Waals surface area (Å²) in [5.74, 6) is -4.21. The van der Waals surface area contributed by atoms with Crippen molar-refractivity contribution in [2.75, 3.05) is 6.61 Å². The fourth-order valence-corrected chi connectivity index (χ4v) is 3.02. The topological polar surface area (TPSA) is 136 Å². The smallest absolute Gasteiger partial charge is 0.326 e. The minimum atomic E-state index is -1.50. The molecule has 0 aromatic heterocycles. The number of carboxylic acid groups (broad SMARTS) is 1. The third-order valence-corrected chi connectivity index (χ3v) is 4.49. The molecule has 0 saturated heterocycles. The Hall–Kier alpha value is -3.82. The molecular formula is C21H21FN2O7. The number of benzene rings is 2. The summed E-state index contributed by atoms with van der Waals surface area (Å²) in [4.78, 5) is 46.7. The van der Waals surface area contributed by atoms with Crippen molar-refractivity contribution in [1.29, 1.82) is 0 Å². The first-order chi connectivity index (χ1) is 14.7. The monoisotopic (exact) mass is 432 g/mol. The molecule has 2 atom stereocenters. The lowest BCUT2D eigenvalue weighted by Crippen LogP contribution is -2.46. The normalized spacial score (nSPS) is 12.5. The zero-order valence-electron chi connectivity index (χ0n) is 16.6. The van der Waals surface area contributed by atoms with Gasteiger partial charge in [0.25, 0.3) is 5.69 Å². The van der Waals surface area contributed by atoms with Crippen LogP contribution in [-0.2, 0) is 25.5 Å². The quantitative estimate of drug-likeness (QED) is 0.335. The maximum atomic E-state index is 13.0. The van der Waals surface area contributed by atoms with Gasteiger partial charge in [0.15, 0.2) is 0 Å². The van der Waals surface area contributed by atoms with E-state index in [0.717, 1.165) is 0 Å². The highest BCUT2D eigenvalue weighted by Crippen LogP contribution is 2.27. The number of amides is 1. The van der Waals surface area contributed by atoms with E-state index in [9.17, 15) is 34.0 Å². The molecule has 1 amide bonds. The van der Waals surface area contributed by atoms with Gasteiger partial charge in [-0.3, -0.25) is 19.7 Å². The number of halogens is 1. The van der Waals surface area contributed by atoms with Gasteiger partial charge in [-0.25, -0.2) is 9.18 Å². The highest BCUT2D eigenvalue weighted by Gasteiger charge is 2.33. The average molecular weight is 432 g/mol. The zero-order chi connectivity index (χ0) is 23.0. The second kappa shape index (κ2) is 10.8. The minimum Gasteiger partial charge on any atom is -0.480 e. The Labute approximate surface area is 177 Å². The number of carboxylic acids is 1. The molecule has 2 rings (SSSR count). The fraction of sp³-hybridized carbons (Fsp3) is 0.286. The number of hydrogen-bond donors (Lipinski definition) is 2. The fourth-order valence-electron chi connectivity index (χ4n) is 3.02. The van der Waals surface area contributed by atoms with E-state index in [1.54, 1.807) is 6.92 Å². The van der Waals surface area contributed by atoms with Crippen LogP contribution in [-0.4, -0.2) is 40.5 Å². The van der Waals surface area contributed by atoms with Gasteiger partial charge in [-0.1, -0.05) is 24.3 Å². The molecule has 2 aromatic carbocycles. The first-order valence-corrected chi connectivity index (χ1v) is 9.37. The summed E-state index contributed by atoms with van der Waals surface area (Å²) in [6.07, 6.45) is -0.560. The van der Waals surface area contributed by atoms with Crippen LogP contribution in [0.3, 0.4) is 0 Å². The summed E-state index contributed by atoms with van der Waals surface area (Å²) in [5.41, 5.74) is 0.583. The van der Waals surface area contributed by atoms with Crippen LogP contribution >= 0.6 is 0 Å². The third kappa shape index (κ3) is 6.88. The molecule has 2 aromatic rings. The summed E-state index contributed by atoms with van der Waals surface area (Å²) in [7, 11) is 0. The lowest BCUT2D eigenvalue weighted by molar-refractivity contribution is -0.384. The third-order valence-electron chi connectivity index (χ3n) is 4.49. The van der Waals surface area contributed by atoms with Gasteiger partial charge in [0.2, 0.25) is 5.91 Å². The molecule has 0 aliphatic carbocycles. The van der Waals surface area contributed by atoms with E-state index >= 15 is 0 Å². The lowest BCUT2D eigenvalue weighted by Gasteiger charge is -2.25. The number of carbonyl (C=O) groups is 3. The number of non-ortho nitro benzene ring substituents is 1. The number of nitro benzene ring substituents is 1. The molecule has 0 aliphatic rings. The lowest BCUT2D eigenvalue weighted by atomic mass is 9.88. The van der Waals surface area contributed by atoms with Crippen molar-refractivity contribution in [3.63, 3.8) is 0 Å². The molecule has 9 nitrogen and oxygen atoms in total. The number of carbonyl (C=O) groups excluding carboxylic acids is 2. The van der Waals surface area contributed by atoms with Gasteiger partial charge >= 0.3 is 11.9 Å². The second-order valence-corrected chi connectivity index (χ2v) is 6.65. The molecule has 0 bridgehead atoms. The summed E-state index contributed by atoms with van der Waals surface area (Å²) >= 11 is 0. The molecule has 0 spiro atoms. The Morgan fingerprint density at radius 2 is 1.74 bits per heavy atom. The van der Waals surface area contributed by atoms with E-state index in [1.807, 2.05) is 0 Å². The number of hydrogen-bond acceptors (Lipinski definition) is 6. The van der Waals surface area contributed by atoms with Crippen molar-refractivity contribution in [2.24, 2.45) is 0 Å². The Morgan fingerprint density at radius 3 is 2.26 bits per heavy atom. The second-order valence-electron chi connectivity index (χ2n) is 6.65. The molecule has 0 radical (unpaired) electrons. The molecule has 164 valence electrons. The molecule has 10 heteroatoms. The number of nitrogens with zero attached hydrogens (tertiary/aromatic N) is 1. The number of ether oxygens (including phenoxy) is 1. The van der Waals surface area contributed by atoms with Crippen molar-refractivity contribution in [3.05, 3.63) is 75.6 Å². The Bertz CT molecular complexity index is 945. The summed E-state index contributed by atoms with van der Waals surface area (Å²) < 4.78 is 17.9. The molecule has 0 heterocycles. The Kier molecular flexibility index (Phi) is 8.18. The van der Waals surface area contributed by atoms with E-state index < -0.39 is 40.5 Å². The standard InChI is InChI=1S/C21H21FN2O7/c1-2-31-19(26)12-17(14-5-9-16(10-6-14)24(29)30)20(21(27)28)23-18(25)11-13-3-7-15(22)8-4-13/h3-10,17,20H,2,11-12H2,1H3,(H,23,25)(H,27,28)/t17-,20-/m0/s1. The number of nitro groups is 1. The molecule has 0 fully saturated rings. The number of esters is 1. The molecule has 0 saturated carbocycles. The van der Waals surface area contributed by atoms with E-state index in [2.05, 4.69) is 5.32 Å². The van der Waals surface area contributed by atoms with Crippen LogP contribution in [0.4, 0.5) is 10.1 Å². The highest BCUT2D eigenvalue weighted by atomic mass is 19.1. The van der Waals surface area contributed by atoms with Crippen LogP contribution in [0.25, 0.3) is 0 Å².